The van der Waals surface area contributed by atoms with Crippen LogP contribution in [-0.2, 0) is 20.4 Å². The van der Waals surface area contributed by atoms with E-state index in [9.17, 15) is 13.2 Å². The summed E-state index contributed by atoms with van der Waals surface area (Å²) in [6.07, 6.45) is 0.671. The van der Waals surface area contributed by atoms with E-state index in [0.29, 0.717) is 17.5 Å². The van der Waals surface area contributed by atoms with Crippen LogP contribution in [0.3, 0.4) is 0 Å². The third-order valence-electron chi connectivity index (χ3n) is 4.04. The summed E-state index contributed by atoms with van der Waals surface area (Å²) in [4.78, 5) is 12.2. The quantitative estimate of drug-likeness (QED) is 0.811. The number of rotatable bonds is 7. The summed E-state index contributed by atoms with van der Waals surface area (Å²) < 4.78 is 24.6. The molecule has 0 spiro atoms. The van der Waals surface area contributed by atoms with Crippen LogP contribution in [0.15, 0.2) is 48.5 Å². The van der Waals surface area contributed by atoms with Crippen LogP contribution in [0.1, 0.15) is 41.6 Å². The Morgan fingerprint density at radius 1 is 1.12 bits per heavy atom. The fourth-order valence-electron chi connectivity index (χ4n) is 2.64. The zero-order valence-corrected chi connectivity index (χ0v) is 15.7. The number of nitrogens with one attached hydrogen (secondary N) is 1. The van der Waals surface area contributed by atoms with Gasteiger partial charge in [0.25, 0.3) is 0 Å². The topological polar surface area (TPSA) is 87.0 Å². The van der Waals surface area contributed by atoms with Gasteiger partial charge in [-0.3, -0.25) is 4.79 Å². The van der Waals surface area contributed by atoms with Gasteiger partial charge in [0, 0.05) is 0 Å². The highest BCUT2D eigenvalue weighted by molar-refractivity contribution is 7.91. The lowest BCUT2D eigenvalue weighted by molar-refractivity contribution is -0.119. The van der Waals surface area contributed by atoms with Gasteiger partial charge in [0.2, 0.25) is 5.91 Å². The van der Waals surface area contributed by atoms with Gasteiger partial charge in [0.1, 0.15) is 5.75 Å². The van der Waals surface area contributed by atoms with Crippen LogP contribution in [0.4, 0.5) is 0 Å². The van der Waals surface area contributed by atoms with Crippen molar-refractivity contribution in [1.82, 2.24) is 5.32 Å². The molecule has 0 heterocycles. The van der Waals surface area contributed by atoms with E-state index in [-0.39, 0.29) is 11.8 Å². The van der Waals surface area contributed by atoms with Crippen molar-refractivity contribution in [3.63, 3.8) is 0 Å². The van der Waals surface area contributed by atoms with E-state index in [0.717, 1.165) is 11.1 Å². The van der Waals surface area contributed by atoms with E-state index in [4.69, 9.17) is 5.26 Å². The summed E-state index contributed by atoms with van der Waals surface area (Å²) in [5.41, 5.74) is 3.10. The van der Waals surface area contributed by atoms with Gasteiger partial charge in [-0.25, -0.2) is 8.42 Å². The molecule has 0 unspecified atom stereocenters. The Morgan fingerprint density at radius 2 is 1.73 bits per heavy atom. The van der Waals surface area contributed by atoms with Crippen molar-refractivity contribution >= 4 is 15.7 Å². The molecule has 0 bridgehead atoms. The van der Waals surface area contributed by atoms with E-state index in [1.807, 2.05) is 44.2 Å². The van der Waals surface area contributed by atoms with Gasteiger partial charge in [-0.2, -0.15) is 5.26 Å². The molecule has 0 saturated heterocycles. The molecule has 2 rings (SSSR count). The Morgan fingerprint density at radius 3 is 2.27 bits per heavy atom. The molecule has 0 aliphatic heterocycles. The molecule has 2 aromatic rings. The summed E-state index contributed by atoms with van der Waals surface area (Å²) in [6.45, 7) is 3.93. The van der Waals surface area contributed by atoms with E-state index in [2.05, 4.69) is 5.32 Å². The lowest BCUT2D eigenvalue weighted by Crippen LogP contribution is -2.33. The van der Waals surface area contributed by atoms with Crippen LogP contribution in [0.25, 0.3) is 0 Å². The fraction of sp³-hybridized carbons (Fsp3) is 0.300. The van der Waals surface area contributed by atoms with E-state index in [1.165, 1.54) is 0 Å². The Kier molecular flexibility index (Phi) is 6.53. The van der Waals surface area contributed by atoms with Crippen molar-refractivity contribution in [3.05, 3.63) is 70.8 Å². The van der Waals surface area contributed by atoms with E-state index < -0.39 is 21.5 Å². The Bertz CT molecular complexity index is 896. The summed E-state index contributed by atoms with van der Waals surface area (Å²) >= 11 is 0. The molecule has 6 heteroatoms. The first-order chi connectivity index (χ1) is 12.3. The molecule has 2 aromatic carbocycles. The van der Waals surface area contributed by atoms with E-state index in [1.54, 1.807) is 24.3 Å². The molecule has 136 valence electrons. The van der Waals surface area contributed by atoms with Crippen LogP contribution in [0, 0.1) is 18.3 Å². The third kappa shape index (κ3) is 5.71. The number of benzene rings is 2. The molecule has 1 amide bonds. The third-order valence-corrected chi connectivity index (χ3v) is 5.52. The van der Waals surface area contributed by atoms with Crippen molar-refractivity contribution in [2.45, 2.75) is 32.1 Å². The number of aryl methyl sites for hydroxylation is 1. The summed E-state index contributed by atoms with van der Waals surface area (Å²) in [5, 5.41) is 11.6. The van der Waals surface area contributed by atoms with Gasteiger partial charge in [0.15, 0.2) is 9.84 Å². The zero-order chi connectivity index (χ0) is 19.2. The number of nitrogens with zero attached hydrogens (tertiary/aromatic N) is 1. The number of hydrogen-bond donors (Lipinski definition) is 1. The first kappa shape index (κ1) is 19.7. The van der Waals surface area contributed by atoms with Gasteiger partial charge < -0.3 is 5.32 Å². The average molecular weight is 370 g/mol. The monoisotopic (exact) mass is 370 g/mol. The van der Waals surface area contributed by atoms with Crippen molar-refractivity contribution in [2.24, 2.45) is 0 Å². The van der Waals surface area contributed by atoms with Gasteiger partial charge >= 0.3 is 0 Å². The highest BCUT2D eigenvalue weighted by Crippen LogP contribution is 2.17. The molecular weight excluding hydrogens is 348 g/mol. The van der Waals surface area contributed by atoms with E-state index >= 15 is 0 Å². The maximum atomic E-state index is 12.3. The molecule has 5 nitrogen and oxygen atoms in total. The molecule has 0 aromatic heterocycles. The lowest BCUT2D eigenvalue weighted by Gasteiger charge is -2.18. The van der Waals surface area contributed by atoms with Crippen LogP contribution in [-0.4, -0.2) is 20.1 Å². The smallest absolute Gasteiger partial charge is 0.235 e. The van der Waals surface area contributed by atoms with Crippen LogP contribution < -0.4 is 5.32 Å². The number of amides is 1. The van der Waals surface area contributed by atoms with Gasteiger partial charge in [-0.1, -0.05) is 48.9 Å². The predicted molar refractivity (Wildman–Crippen MR) is 101 cm³/mol. The maximum Gasteiger partial charge on any atom is 0.235 e. The molecule has 1 N–H and O–H groups in total. The van der Waals surface area contributed by atoms with Crippen LogP contribution in [0.2, 0.25) is 0 Å². The minimum Gasteiger partial charge on any atom is -0.348 e. The highest BCUT2D eigenvalue weighted by Gasteiger charge is 2.20. The second kappa shape index (κ2) is 8.63. The minimum absolute atomic E-state index is 0.215. The SMILES string of the molecule is CC[C@@H](NC(=O)CS(=O)(=O)Cc1ccc(C#N)cc1)c1ccc(C)cc1. The van der Waals surface area contributed by atoms with Crippen molar-refractivity contribution in [2.75, 3.05) is 5.75 Å². The summed E-state index contributed by atoms with van der Waals surface area (Å²) in [6, 6.07) is 15.9. The predicted octanol–water partition coefficient (Wildman–Crippen LogP) is 3.05. The molecule has 0 saturated carbocycles. The molecule has 0 aliphatic carbocycles. The van der Waals surface area contributed by atoms with Crippen molar-refractivity contribution in [1.29, 1.82) is 5.26 Å². The molecule has 1 atom stereocenters. The number of hydrogen-bond acceptors (Lipinski definition) is 4. The Labute approximate surface area is 154 Å². The molecular formula is C20H22N2O3S. The first-order valence-corrected chi connectivity index (χ1v) is 10.2. The molecule has 0 radical (unpaired) electrons. The Hall–Kier alpha value is -2.65. The van der Waals surface area contributed by atoms with Crippen molar-refractivity contribution in [3.8, 4) is 6.07 Å². The molecule has 0 fully saturated rings. The standard InChI is InChI=1S/C20H22N2O3S/c1-3-19(18-10-4-15(2)5-11-18)22-20(23)14-26(24,25)13-17-8-6-16(12-21)7-9-17/h4-11,19H,3,13-14H2,1-2H3,(H,22,23)/t19-/m1/s1. The maximum absolute atomic E-state index is 12.3. The van der Waals surface area contributed by atoms with Gasteiger partial charge in [-0.05, 0) is 36.6 Å². The van der Waals surface area contributed by atoms with Gasteiger partial charge in [-0.15, -0.1) is 0 Å². The zero-order valence-electron chi connectivity index (χ0n) is 14.9. The second-order valence-electron chi connectivity index (χ2n) is 6.28. The molecule has 0 aliphatic rings. The lowest BCUT2D eigenvalue weighted by atomic mass is 10.0. The Balaban J connectivity index is 2.00. The number of nitriles is 1. The molecule has 26 heavy (non-hydrogen) atoms. The fourth-order valence-corrected chi connectivity index (χ4v) is 3.92. The minimum atomic E-state index is -3.59. The summed E-state index contributed by atoms with van der Waals surface area (Å²) in [7, 11) is -3.59. The van der Waals surface area contributed by atoms with Crippen LogP contribution >= 0.6 is 0 Å². The van der Waals surface area contributed by atoms with Gasteiger partial charge in [0.05, 0.1) is 23.4 Å². The number of carbonyl (C=O) groups excluding carboxylic acids is 1. The second-order valence-corrected chi connectivity index (χ2v) is 8.34. The number of sulfone groups is 1. The number of carbonyl (C=O) groups is 1. The van der Waals surface area contributed by atoms with Crippen molar-refractivity contribution < 1.29 is 13.2 Å². The average Bonchev–Trinajstić information content (AvgIpc) is 2.60. The normalized spacial score (nSPS) is 12.2. The largest absolute Gasteiger partial charge is 0.348 e. The highest BCUT2D eigenvalue weighted by atomic mass is 32.2. The first-order valence-electron chi connectivity index (χ1n) is 8.38. The summed E-state index contributed by atoms with van der Waals surface area (Å²) in [5.74, 6) is -1.30. The van der Waals surface area contributed by atoms with Crippen LogP contribution in [0.5, 0.6) is 0 Å².